The maximum Gasteiger partial charge on any atom is 0.244 e. The van der Waals surface area contributed by atoms with Gasteiger partial charge in [-0.15, -0.1) is 0 Å². The first-order valence-corrected chi connectivity index (χ1v) is 7.16. The Labute approximate surface area is 129 Å². The molecule has 0 radical (unpaired) electrons. The van der Waals surface area contributed by atoms with Gasteiger partial charge in [0.25, 0.3) is 0 Å². The summed E-state index contributed by atoms with van der Waals surface area (Å²) in [5.41, 5.74) is 2.92. The highest BCUT2D eigenvalue weighted by molar-refractivity contribution is 5.95. The van der Waals surface area contributed by atoms with Crippen molar-refractivity contribution >= 4 is 22.9 Å². The third-order valence-corrected chi connectivity index (χ3v) is 3.39. The highest BCUT2D eigenvalue weighted by Crippen LogP contribution is 2.16. The minimum Gasteiger partial charge on any atom is -0.348 e. The molecule has 1 amide bonds. The van der Waals surface area contributed by atoms with E-state index in [0.29, 0.717) is 6.54 Å². The van der Waals surface area contributed by atoms with Crippen molar-refractivity contribution in [2.45, 2.75) is 6.54 Å². The molecule has 3 aromatic rings. The second kappa shape index (κ2) is 6.68. The second-order valence-electron chi connectivity index (χ2n) is 4.96. The molecular formula is C19H16N2O. The van der Waals surface area contributed by atoms with E-state index in [0.717, 1.165) is 22.0 Å². The highest BCUT2D eigenvalue weighted by Gasteiger charge is 2.00. The molecule has 2 aromatic carbocycles. The number of hydrogen-bond acceptors (Lipinski definition) is 2. The van der Waals surface area contributed by atoms with Gasteiger partial charge < -0.3 is 5.32 Å². The molecule has 0 fully saturated rings. The average molecular weight is 288 g/mol. The van der Waals surface area contributed by atoms with Crippen molar-refractivity contribution < 1.29 is 4.79 Å². The number of carbonyl (C=O) groups excluding carboxylic acids is 1. The number of para-hydroxylation sites is 1. The standard InChI is InChI=1S/C19H16N2O/c22-18(21-14-15-6-2-1-3-7-15)12-11-17-9-4-8-16-10-5-13-20-19(16)17/h1-13H,14H2,(H,21,22)/b12-11+. The van der Waals surface area contributed by atoms with E-state index in [4.69, 9.17) is 0 Å². The normalized spacial score (nSPS) is 10.9. The Kier molecular flexibility index (Phi) is 4.25. The van der Waals surface area contributed by atoms with Gasteiger partial charge in [0.05, 0.1) is 5.52 Å². The molecule has 0 unspecified atom stereocenters. The maximum absolute atomic E-state index is 11.9. The molecule has 1 aromatic heterocycles. The number of rotatable bonds is 4. The Morgan fingerprint density at radius 1 is 1.00 bits per heavy atom. The summed E-state index contributed by atoms with van der Waals surface area (Å²) in [5, 5.41) is 3.94. The predicted octanol–water partition coefficient (Wildman–Crippen LogP) is 3.56. The van der Waals surface area contributed by atoms with Gasteiger partial charge >= 0.3 is 0 Å². The first-order chi connectivity index (χ1) is 10.8. The summed E-state index contributed by atoms with van der Waals surface area (Å²) in [4.78, 5) is 16.3. The van der Waals surface area contributed by atoms with E-state index in [1.807, 2.05) is 60.7 Å². The fourth-order valence-corrected chi connectivity index (χ4v) is 2.27. The molecule has 0 atom stereocenters. The van der Waals surface area contributed by atoms with Crippen molar-refractivity contribution in [3.05, 3.63) is 84.1 Å². The van der Waals surface area contributed by atoms with Crippen LogP contribution in [0.25, 0.3) is 17.0 Å². The van der Waals surface area contributed by atoms with E-state index in [2.05, 4.69) is 10.3 Å². The average Bonchev–Trinajstić information content (AvgIpc) is 2.59. The van der Waals surface area contributed by atoms with Gasteiger partial charge in [0.15, 0.2) is 0 Å². The SMILES string of the molecule is O=C(/C=C/c1cccc2cccnc12)NCc1ccccc1. The number of fused-ring (bicyclic) bond motifs is 1. The smallest absolute Gasteiger partial charge is 0.244 e. The summed E-state index contributed by atoms with van der Waals surface area (Å²) in [5.74, 6) is -0.114. The van der Waals surface area contributed by atoms with Crippen LogP contribution in [0.3, 0.4) is 0 Å². The second-order valence-corrected chi connectivity index (χ2v) is 4.96. The first-order valence-electron chi connectivity index (χ1n) is 7.16. The maximum atomic E-state index is 11.9. The zero-order valence-electron chi connectivity index (χ0n) is 12.1. The third kappa shape index (κ3) is 3.38. The molecule has 3 nitrogen and oxygen atoms in total. The summed E-state index contributed by atoms with van der Waals surface area (Å²) in [7, 11) is 0. The largest absolute Gasteiger partial charge is 0.348 e. The van der Waals surface area contributed by atoms with Crippen LogP contribution >= 0.6 is 0 Å². The fraction of sp³-hybridized carbons (Fsp3) is 0.0526. The molecule has 22 heavy (non-hydrogen) atoms. The third-order valence-electron chi connectivity index (χ3n) is 3.39. The van der Waals surface area contributed by atoms with Crippen LogP contribution in [0, 0.1) is 0 Å². The molecule has 3 heteroatoms. The number of aromatic nitrogens is 1. The van der Waals surface area contributed by atoms with Crippen molar-refractivity contribution in [2.24, 2.45) is 0 Å². The summed E-state index contributed by atoms with van der Waals surface area (Å²) in [6.45, 7) is 0.526. The quantitative estimate of drug-likeness (QED) is 0.746. The number of amides is 1. The van der Waals surface area contributed by atoms with E-state index >= 15 is 0 Å². The number of nitrogens with one attached hydrogen (secondary N) is 1. The molecule has 0 saturated heterocycles. The van der Waals surface area contributed by atoms with E-state index in [9.17, 15) is 4.79 Å². The molecule has 108 valence electrons. The van der Waals surface area contributed by atoms with Crippen molar-refractivity contribution in [2.75, 3.05) is 0 Å². The summed E-state index contributed by atoms with van der Waals surface area (Å²) in [6, 6.07) is 19.7. The van der Waals surface area contributed by atoms with Crippen molar-refractivity contribution in [3.8, 4) is 0 Å². The molecule has 3 rings (SSSR count). The van der Waals surface area contributed by atoms with Gasteiger partial charge in [0.2, 0.25) is 5.91 Å². The molecule has 1 heterocycles. The van der Waals surface area contributed by atoms with Gasteiger partial charge in [-0.1, -0.05) is 54.6 Å². The Hall–Kier alpha value is -2.94. The van der Waals surface area contributed by atoms with Crippen molar-refractivity contribution in [1.29, 1.82) is 0 Å². The van der Waals surface area contributed by atoms with Crippen molar-refractivity contribution in [1.82, 2.24) is 10.3 Å². The van der Waals surface area contributed by atoms with Crippen molar-refractivity contribution in [3.63, 3.8) is 0 Å². The molecule has 0 spiro atoms. The van der Waals surface area contributed by atoms with E-state index in [-0.39, 0.29) is 5.91 Å². The van der Waals surface area contributed by atoms with Crippen LogP contribution in [0.15, 0.2) is 72.9 Å². The fourth-order valence-electron chi connectivity index (χ4n) is 2.27. The van der Waals surface area contributed by atoms with Gasteiger partial charge in [0, 0.05) is 29.8 Å². The van der Waals surface area contributed by atoms with Crippen LogP contribution in [0.1, 0.15) is 11.1 Å². The summed E-state index contributed by atoms with van der Waals surface area (Å²) in [6.07, 6.45) is 5.11. The number of benzene rings is 2. The lowest BCUT2D eigenvalue weighted by Crippen LogP contribution is -2.20. The highest BCUT2D eigenvalue weighted by atomic mass is 16.1. The lowest BCUT2D eigenvalue weighted by Gasteiger charge is -2.03. The Balaban J connectivity index is 1.69. The minimum absolute atomic E-state index is 0.114. The molecule has 1 N–H and O–H groups in total. The van der Waals surface area contributed by atoms with Crippen LogP contribution in [0.2, 0.25) is 0 Å². The monoisotopic (exact) mass is 288 g/mol. The topological polar surface area (TPSA) is 42.0 Å². The van der Waals surface area contributed by atoms with Crippen LogP contribution < -0.4 is 5.32 Å². The van der Waals surface area contributed by atoms with Gasteiger partial charge in [0.1, 0.15) is 0 Å². The van der Waals surface area contributed by atoms with Gasteiger partial charge in [-0.25, -0.2) is 0 Å². The van der Waals surface area contributed by atoms with Gasteiger partial charge in [-0.2, -0.15) is 0 Å². The van der Waals surface area contributed by atoms with Crippen LogP contribution in [-0.4, -0.2) is 10.9 Å². The molecule has 0 saturated carbocycles. The lowest BCUT2D eigenvalue weighted by atomic mass is 10.1. The molecule has 0 bridgehead atoms. The van der Waals surface area contributed by atoms with Gasteiger partial charge in [-0.05, 0) is 17.7 Å². The van der Waals surface area contributed by atoms with Crippen LogP contribution in [0.4, 0.5) is 0 Å². The number of nitrogens with zero attached hydrogens (tertiary/aromatic N) is 1. The molecule has 0 aliphatic heterocycles. The van der Waals surface area contributed by atoms with E-state index in [1.165, 1.54) is 0 Å². The molecule has 0 aliphatic rings. The summed E-state index contributed by atoms with van der Waals surface area (Å²) < 4.78 is 0. The predicted molar refractivity (Wildman–Crippen MR) is 89.1 cm³/mol. The Morgan fingerprint density at radius 3 is 2.68 bits per heavy atom. The van der Waals surface area contributed by atoms with Gasteiger partial charge in [-0.3, -0.25) is 9.78 Å². The Morgan fingerprint density at radius 2 is 1.82 bits per heavy atom. The lowest BCUT2D eigenvalue weighted by molar-refractivity contribution is -0.116. The van der Waals surface area contributed by atoms with Crippen LogP contribution in [0.5, 0.6) is 0 Å². The molecular weight excluding hydrogens is 272 g/mol. The van der Waals surface area contributed by atoms with Crippen LogP contribution in [-0.2, 0) is 11.3 Å². The zero-order chi connectivity index (χ0) is 15.2. The first kappa shape index (κ1) is 14.0. The number of carbonyl (C=O) groups is 1. The number of pyridine rings is 1. The molecule has 0 aliphatic carbocycles. The number of hydrogen-bond donors (Lipinski definition) is 1. The summed E-state index contributed by atoms with van der Waals surface area (Å²) >= 11 is 0. The Bertz CT molecular complexity index is 805. The zero-order valence-corrected chi connectivity index (χ0v) is 12.1. The van der Waals surface area contributed by atoms with E-state index in [1.54, 1.807) is 18.3 Å². The van der Waals surface area contributed by atoms with E-state index < -0.39 is 0 Å². The minimum atomic E-state index is -0.114.